The van der Waals surface area contributed by atoms with Gasteiger partial charge in [-0.3, -0.25) is 9.59 Å². The third kappa shape index (κ3) is 3.29. The third-order valence-corrected chi connectivity index (χ3v) is 5.98. The summed E-state index contributed by atoms with van der Waals surface area (Å²) in [7, 11) is -3.73. The molecule has 2 rings (SSSR count). The number of carbonyl (C=O) groups excluding carboxylic acids is 2. The van der Waals surface area contributed by atoms with Crippen molar-refractivity contribution >= 4 is 38.7 Å². The first-order chi connectivity index (χ1) is 10.3. The molecule has 6 nitrogen and oxygen atoms in total. The molecule has 0 bridgehead atoms. The minimum Gasteiger partial charge on any atom is -0.475 e. The second-order valence-corrected chi connectivity index (χ2v) is 7.39. The largest absolute Gasteiger partial charge is 0.475 e. The van der Waals surface area contributed by atoms with Gasteiger partial charge in [0.2, 0.25) is 15.6 Å². The second-order valence-electron chi connectivity index (χ2n) is 4.30. The molecule has 8 heteroatoms. The van der Waals surface area contributed by atoms with Crippen LogP contribution in [-0.4, -0.2) is 31.1 Å². The number of aliphatic carboxylic acids is 1. The van der Waals surface area contributed by atoms with Gasteiger partial charge in [0.05, 0.1) is 11.3 Å². The van der Waals surface area contributed by atoms with E-state index in [1.165, 1.54) is 17.5 Å². The highest BCUT2D eigenvalue weighted by atomic mass is 32.2. The summed E-state index contributed by atoms with van der Waals surface area (Å²) >= 11 is 0.848. The van der Waals surface area contributed by atoms with Crippen molar-refractivity contribution in [3.63, 3.8) is 0 Å². The molecule has 22 heavy (non-hydrogen) atoms. The molecule has 0 unspecified atom stereocenters. The number of thiophene rings is 1. The molecule has 0 aliphatic carbocycles. The first kappa shape index (κ1) is 16.1. The number of benzene rings is 1. The fraction of sp³-hybridized carbons (Fsp3) is 0.0714. The summed E-state index contributed by atoms with van der Waals surface area (Å²) in [6.07, 6.45) is -0.795. The number of hydrogen-bond acceptors (Lipinski definition) is 6. The maximum absolute atomic E-state index is 12.3. The summed E-state index contributed by atoms with van der Waals surface area (Å²) < 4.78 is 24.6. The lowest BCUT2D eigenvalue weighted by Gasteiger charge is -2.00. The molecule has 0 spiro atoms. The molecule has 0 aliphatic rings. The minimum absolute atomic E-state index is 0.00843. The van der Waals surface area contributed by atoms with Crippen LogP contribution in [0.25, 0.3) is 0 Å². The summed E-state index contributed by atoms with van der Waals surface area (Å²) in [5, 5.41) is 9.76. The first-order valence-electron chi connectivity index (χ1n) is 6.00. The van der Waals surface area contributed by atoms with Crippen LogP contribution in [-0.2, 0) is 19.4 Å². The molecule has 1 aromatic heterocycles. The second kappa shape index (κ2) is 6.20. The molecule has 114 valence electrons. The first-order valence-corrected chi connectivity index (χ1v) is 8.36. The van der Waals surface area contributed by atoms with Crippen molar-refractivity contribution in [1.29, 1.82) is 0 Å². The number of Topliss-reactive ketones (excluding diaryl/α,β-unsaturated/α-hetero) is 2. The molecular weight excluding hydrogens is 328 g/mol. The van der Waals surface area contributed by atoms with Gasteiger partial charge in [0.25, 0.3) is 0 Å². The Hall–Kier alpha value is -2.32. The molecule has 1 N–H and O–H groups in total. The van der Waals surface area contributed by atoms with Crippen LogP contribution in [0.3, 0.4) is 0 Å². The quantitative estimate of drug-likeness (QED) is 0.489. The average molecular weight is 338 g/mol. The van der Waals surface area contributed by atoms with E-state index < -0.39 is 33.8 Å². The van der Waals surface area contributed by atoms with Crippen LogP contribution in [0.2, 0.25) is 0 Å². The van der Waals surface area contributed by atoms with Crippen LogP contribution < -0.4 is 0 Å². The molecule has 0 atom stereocenters. The topological polar surface area (TPSA) is 106 Å². The van der Waals surface area contributed by atoms with Crippen molar-refractivity contribution in [2.45, 2.75) is 15.5 Å². The Morgan fingerprint density at radius 3 is 2.32 bits per heavy atom. The van der Waals surface area contributed by atoms with Gasteiger partial charge in [-0.25, -0.2) is 13.2 Å². The highest BCUT2D eigenvalue weighted by molar-refractivity contribution is 7.93. The Labute approximate surface area is 129 Å². The highest BCUT2D eigenvalue weighted by Gasteiger charge is 2.23. The number of rotatable bonds is 6. The number of sulfone groups is 1. The van der Waals surface area contributed by atoms with E-state index in [1.807, 2.05) is 0 Å². The van der Waals surface area contributed by atoms with E-state index in [0.717, 1.165) is 17.4 Å². The SMILES string of the molecule is O=C(O)C(=O)CC(=O)c1csc(S(=O)(=O)c2ccccc2)c1. The van der Waals surface area contributed by atoms with Gasteiger partial charge < -0.3 is 5.11 Å². The van der Waals surface area contributed by atoms with E-state index in [1.54, 1.807) is 18.2 Å². The summed E-state index contributed by atoms with van der Waals surface area (Å²) in [4.78, 5) is 33.3. The Bertz CT molecular complexity index is 833. The fourth-order valence-electron chi connectivity index (χ4n) is 1.64. The highest BCUT2D eigenvalue weighted by Crippen LogP contribution is 2.27. The number of carboxylic acid groups (broad SMARTS) is 1. The summed E-state index contributed by atoms with van der Waals surface area (Å²) in [5.41, 5.74) is 0.00843. The van der Waals surface area contributed by atoms with Crippen LogP contribution in [0.4, 0.5) is 0 Å². The Morgan fingerprint density at radius 2 is 1.73 bits per heavy atom. The van der Waals surface area contributed by atoms with Crippen molar-refractivity contribution in [3.05, 3.63) is 47.3 Å². The zero-order valence-electron chi connectivity index (χ0n) is 11.1. The van der Waals surface area contributed by atoms with Gasteiger partial charge in [0.1, 0.15) is 4.21 Å². The number of ketones is 2. The maximum Gasteiger partial charge on any atom is 0.372 e. The molecule has 0 saturated heterocycles. The van der Waals surface area contributed by atoms with E-state index >= 15 is 0 Å². The third-order valence-electron chi connectivity index (χ3n) is 2.78. The maximum atomic E-state index is 12.3. The van der Waals surface area contributed by atoms with E-state index in [9.17, 15) is 22.8 Å². The monoisotopic (exact) mass is 338 g/mol. The van der Waals surface area contributed by atoms with Crippen LogP contribution in [0.15, 0.2) is 50.9 Å². The molecule has 1 aromatic carbocycles. The predicted octanol–water partition coefficient (Wildman–Crippen LogP) is 1.81. The van der Waals surface area contributed by atoms with Gasteiger partial charge in [-0.05, 0) is 18.2 Å². The molecular formula is C14H10O6S2. The van der Waals surface area contributed by atoms with Gasteiger partial charge in [0.15, 0.2) is 5.78 Å². The van der Waals surface area contributed by atoms with Gasteiger partial charge >= 0.3 is 5.97 Å². The van der Waals surface area contributed by atoms with E-state index in [4.69, 9.17) is 5.11 Å². The summed E-state index contributed by atoms with van der Waals surface area (Å²) in [5.74, 6) is -3.65. The van der Waals surface area contributed by atoms with E-state index in [2.05, 4.69) is 0 Å². The van der Waals surface area contributed by atoms with Crippen molar-refractivity contribution in [2.24, 2.45) is 0 Å². The van der Waals surface area contributed by atoms with Crippen molar-refractivity contribution < 1.29 is 27.9 Å². The molecule has 0 amide bonds. The zero-order valence-corrected chi connectivity index (χ0v) is 12.7. The number of carboxylic acids is 1. The van der Waals surface area contributed by atoms with Crippen LogP contribution in [0.5, 0.6) is 0 Å². The molecule has 0 fully saturated rings. The average Bonchev–Trinajstić information content (AvgIpc) is 2.98. The van der Waals surface area contributed by atoms with Gasteiger partial charge in [-0.1, -0.05) is 18.2 Å². The summed E-state index contributed by atoms with van der Waals surface area (Å²) in [6.45, 7) is 0. The molecule has 2 aromatic rings. The Morgan fingerprint density at radius 1 is 1.09 bits per heavy atom. The van der Waals surface area contributed by atoms with Crippen LogP contribution >= 0.6 is 11.3 Å². The Kier molecular flexibility index (Phi) is 4.53. The Balaban J connectivity index is 2.27. The number of hydrogen-bond donors (Lipinski definition) is 1. The molecule has 0 aliphatic heterocycles. The number of carbonyl (C=O) groups is 3. The lowest BCUT2D eigenvalue weighted by molar-refractivity contribution is -0.148. The van der Waals surface area contributed by atoms with Gasteiger partial charge in [-0.15, -0.1) is 11.3 Å². The molecule has 0 saturated carbocycles. The van der Waals surface area contributed by atoms with Crippen molar-refractivity contribution in [3.8, 4) is 0 Å². The lowest BCUT2D eigenvalue weighted by Crippen LogP contribution is -2.16. The van der Waals surface area contributed by atoms with Gasteiger partial charge in [0, 0.05) is 10.9 Å². The van der Waals surface area contributed by atoms with Crippen molar-refractivity contribution in [2.75, 3.05) is 0 Å². The zero-order chi connectivity index (χ0) is 16.3. The normalized spacial score (nSPS) is 11.1. The molecule has 1 heterocycles. The predicted molar refractivity (Wildman–Crippen MR) is 77.8 cm³/mol. The smallest absolute Gasteiger partial charge is 0.372 e. The minimum atomic E-state index is -3.73. The lowest BCUT2D eigenvalue weighted by atomic mass is 10.1. The van der Waals surface area contributed by atoms with Crippen LogP contribution in [0.1, 0.15) is 16.8 Å². The van der Waals surface area contributed by atoms with E-state index in [-0.39, 0.29) is 14.7 Å². The fourth-order valence-corrected chi connectivity index (χ4v) is 4.25. The van der Waals surface area contributed by atoms with Gasteiger partial charge in [-0.2, -0.15) is 0 Å². The standard InChI is InChI=1S/C14H10O6S2/c15-11(7-12(16)14(17)18)9-6-13(21-8-9)22(19,20)10-4-2-1-3-5-10/h1-6,8H,7H2,(H,17,18). The van der Waals surface area contributed by atoms with E-state index in [0.29, 0.717) is 0 Å². The molecule has 0 radical (unpaired) electrons. The summed E-state index contributed by atoms with van der Waals surface area (Å²) in [6, 6.07) is 8.87. The van der Waals surface area contributed by atoms with Crippen molar-refractivity contribution in [1.82, 2.24) is 0 Å². The van der Waals surface area contributed by atoms with Crippen LogP contribution in [0, 0.1) is 0 Å².